The highest BCUT2D eigenvalue weighted by Crippen LogP contribution is 2.43. The Morgan fingerprint density at radius 3 is 1.40 bits per heavy atom. The minimum atomic E-state index is -4.89. The van der Waals surface area contributed by atoms with Gasteiger partial charge in [0.05, 0.1) is 37.1 Å². The lowest BCUT2D eigenvalue weighted by atomic mass is 9.80. The van der Waals surface area contributed by atoms with E-state index in [-0.39, 0.29) is 25.9 Å². The van der Waals surface area contributed by atoms with E-state index in [2.05, 4.69) is 26.6 Å². The summed E-state index contributed by atoms with van der Waals surface area (Å²) in [6.45, 7) is 26.3. The number of amides is 6. The number of esters is 3. The number of hydrogen-bond acceptors (Lipinski definition) is 25. The van der Waals surface area contributed by atoms with E-state index < -0.39 is 203 Å². The van der Waals surface area contributed by atoms with Crippen molar-refractivity contribution >= 4 is 64.4 Å². The van der Waals surface area contributed by atoms with Gasteiger partial charge in [0.25, 0.3) is 16.0 Å². The molecule has 6 unspecified atom stereocenters. The molecular formula is C74H108N6O25S. The van der Waals surface area contributed by atoms with Crippen molar-refractivity contribution in [2.75, 3.05) is 33.0 Å². The number of ether oxygens (including phenoxy) is 13. The summed E-state index contributed by atoms with van der Waals surface area (Å²) < 4.78 is 116. The van der Waals surface area contributed by atoms with Gasteiger partial charge in [0.1, 0.15) is 64.1 Å². The molecule has 3 fully saturated rings. The Bertz CT molecular complexity index is 3480. The normalized spacial score (nSPS) is 24.1. The van der Waals surface area contributed by atoms with Crippen LogP contribution >= 0.6 is 0 Å². The number of rotatable bonds is 25. The molecule has 6 rings (SSSR count). The first-order valence-electron chi connectivity index (χ1n) is 35.1. The first kappa shape index (κ1) is 86.5. The summed E-state index contributed by atoms with van der Waals surface area (Å²) in [5, 5.41) is 13.6. The van der Waals surface area contributed by atoms with Crippen molar-refractivity contribution in [1.29, 1.82) is 0 Å². The molecule has 0 spiro atoms. The highest BCUT2D eigenvalue weighted by molar-refractivity contribution is 7.86. The minimum Gasteiger partial charge on any atom is -0.457 e. The van der Waals surface area contributed by atoms with Crippen LogP contribution in [-0.4, -0.2) is 214 Å². The van der Waals surface area contributed by atoms with Gasteiger partial charge in [-0.15, -0.1) is 0 Å². The quantitative estimate of drug-likeness (QED) is 0.0230. The Morgan fingerprint density at radius 2 is 0.943 bits per heavy atom. The average Bonchev–Trinajstić information content (AvgIpc) is 0.761. The van der Waals surface area contributed by atoms with Crippen molar-refractivity contribution < 1.29 is 117 Å². The van der Waals surface area contributed by atoms with Gasteiger partial charge in [-0.05, 0) is 140 Å². The molecule has 6 amide bonds. The van der Waals surface area contributed by atoms with Gasteiger partial charge in [-0.25, -0.2) is 24.0 Å². The largest absolute Gasteiger partial charge is 0.457 e. The number of hydrogen-bond donors (Lipinski definition) is 5. The molecule has 3 aromatic carbocycles. The van der Waals surface area contributed by atoms with Gasteiger partial charge in [0.15, 0.2) is 30.9 Å². The Hall–Kier alpha value is -8.40. The topological polar surface area (TPSA) is 380 Å². The molecule has 2 aliphatic heterocycles. The van der Waals surface area contributed by atoms with Crippen molar-refractivity contribution in [1.82, 2.24) is 31.5 Å². The molecule has 3 aromatic rings. The third kappa shape index (κ3) is 27.4. The Morgan fingerprint density at radius 1 is 0.509 bits per heavy atom. The lowest BCUT2D eigenvalue weighted by molar-refractivity contribution is -0.319. The van der Waals surface area contributed by atoms with Crippen LogP contribution in [0.25, 0.3) is 0 Å². The van der Waals surface area contributed by atoms with Crippen LogP contribution in [0, 0.1) is 0 Å². The fraction of sp³-hybridized carbons (Fsp3) is 0.635. The Kier molecular flexibility index (Phi) is 29.8. The third-order valence-electron chi connectivity index (χ3n) is 15.8. The zero-order valence-corrected chi connectivity index (χ0v) is 65.1. The van der Waals surface area contributed by atoms with E-state index in [0.29, 0.717) is 22.9 Å². The maximum absolute atomic E-state index is 15.3. The van der Waals surface area contributed by atoms with Crippen molar-refractivity contribution in [2.24, 2.45) is 0 Å². The molecule has 5 N–H and O–H groups in total. The second kappa shape index (κ2) is 36.5. The van der Waals surface area contributed by atoms with Gasteiger partial charge in [0, 0.05) is 47.3 Å². The first-order chi connectivity index (χ1) is 49.1. The van der Waals surface area contributed by atoms with Crippen LogP contribution in [0.5, 0.6) is 0 Å². The molecule has 2 saturated heterocycles. The van der Waals surface area contributed by atoms with Crippen LogP contribution in [-0.2, 0) is 101 Å². The second-order valence-corrected chi connectivity index (χ2v) is 32.8. The number of benzene rings is 3. The lowest BCUT2D eigenvalue weighted by Crippen LogP contribution is -2.71. The van der Waals surface area contributed by atoms with Crippen molar-refractivity contribution in [2.45, 2.75) is 269 Å². The van der Waals surface area contributed by atoms with E-state index >= 15 is 4.79 Å². The predicted octanol–water partition coefficient (Wildman–Crippen LogP) is 8.49. The summed E-state index contributed by atoms with van der Waals surface area (Å²) in [7, 11) is -3.42. The smallest absolute Gasteiger partial charge is 0.410 e. The number of likely N-dealkylation sites (N-methyl/N-ethyl adjacent to an activating group) is 1. The summed E-state index contributed by atoms with van der Waals surface area (Å²) in [6.07, 6.45) is -23.1. The van der Waals surface area contributed by atoms with Crippen LogP contribution in [0.4, 0.5) is 24.0 Å². The summed E-state index contributed by atoms with van der Waals surface area (Å²) in [5.41, 5.74) is -5.05. The molecule has 0 bridgehead atoms. The monoisotopic (exact) mass is 1510 g/mol. The molecule has 1 saturated carbocycles. The summed E-state index contributed by atoms with van der Waals surface area (Å²) in [5.74, 6) is -4.03. The van der Waals surface area contributed by atoms with Crippen LogP contribution in [0.15, 0.2) is 91.0 Å². The van der Waals surface area contributed by atoms with Crippen LogP contribution < -0.4 is 26.6 Å². The summed E-state index contributed by atoms with van der Waals surface area (Å²) in [6, 6.07) is 21.0. The minimum absolute atomic E-state index is 0.0310. The van der Waals surface area contributed by atoms with Crippen LogP contribution in [0.2, 0.25) is 0 Å². The molecule has 0 aromatic heterocycles. The molecule has 14 atom stereocenters. The number of nitrogens with zero attached hydrogens (tertiary/aromatic N) is 1. The molecule has 0 radical (unpaired) electrons. The highest BCUT2D eigenvalue weighted by atomic mass is 32.2. The standard InChI is InChI=1S/C74H108N6O25S/c1-43(81)93-53(38-39-75-64(85)100-69(4,5)6)61(84)76-51-40-52(78-66(87)102-71(10,11)12)57(98-62-50(77-65(86)101-70(7,8)9)37-36-49(96-62)41-80(19)68(89)104-73(16,17)18)60(105-106(20,90)91)56(51)99-63-59(95-45(3)83)55(79-67(88)103-72(13,14)15)58(94-44(2)82)54(97-63)42-92-74(46-30-24-21-25-31-46,47-32-26-22-27-33-47)48-34-28-23-29-35-48/h21-35,49-60,62-63H,36-42H2,1-20H3,(H,75,85)(H,76,84)(H,77,86)(H,78,87)(H,79,88)/t49?,50?,51-,52-,53+,54?,55+,56+,57?,58+,59?,60?,62-,63-/m1/s1. The van der Waals surface area contributed by atoms with E-state index in [4.69, 9.17) is 65.8 Å². The van der Waals surface area contributed by atoms with E-state index in [1.807, 2.05) is 91.0 Å². The van der Waals surface area contributed by atoms with Gasteiger partial charge in [-0.2, -0.15) is 8.42 Å². The van der Waals surface area contributed by atoms with E-state index in [9.17, 15) is 46.8 Å². The SMILES string of the molecule is CC(=O)OC1[C@@H](O[C@@H]2C(OS(C)(=O)=O)C(O[C@H]3OC(CN(C)C(=O)OC(C)(C)C)CCC3NC(=O)OC(C)(C)C)[C@H](NC(=O)OC(C)(C)C)C[C@H]2NC(=O)[C@H](CCNC(=O)OC(C)(C)C)OC(C)=O)OC(COC(c2ccccc2)(c2ccccc2)c2ccccc2)[C@H](OC(C)=O)[C@@H]1NC(=O)OC(C)(C)C. The van der Waals surface area contributed by atoms with E-state index in [0.717, 1.165) is 20.8 Å². The third-order valence-corrected chi connectivity index (χ3v) is 16.4. The van der Waals surface area contributed by atoms with E-state index in [1.54, 1.807) is 104 Å². The van der Waals surface area contributed by atoms with Crippen molar-refractivity contribution in [3.05, 3.63) is 108 Å². The molecule has 3 aliphatic rings. The first-order valence-corrected chi connectivity index (χ1v) is 36.9. The van der Waals surface area contributed by atoms with Crippen molar-refractivity contribution in [3.63, 3.8) is 0 Å². The van der Waals surface area contributed by atoms with Gasteiger partial charge >= 0.3 is 48.4 Å². The molecular weight excluding hydrogens is 1400 g/mol. The molecule has 590 valence electrons. The maximum Gasteiger partial charge on any atom is 0.410 e. The van der Waals surface area contributed by atoms with Gasteiger partial charge < -0.3 is 93.1 Å². The van der Waals surface area contributed by atoms with Gasteiger partial charge in [0.2, 0.25) is 0 Å². The number of alkyl carbamates (subject to hydrolysis) is 4. The molecule has 32 heteroatoms. The molecule has 31 nitrogen and oxygen atoms in total. The van der Waals surface area contributed by atoms with Crippen LogP contribution in [0.3, 0.4) is 0 Å². The highest BCUT2D eigenvalue weighted by Gasteiger charge is 2.58. The zero-order chi connectivity index (χ0) is 79.1. The Labute approximate surface area is 620 Å². The zero-order valence-electron chi connectivity index (χ0n) is 64.3. The molecule has 106 heavy (non-hydrogen) atoms. The maximum atomic E-state index is 15.3. The fourth-order valence-electron chi connectivity index (χ4n) is 12.1. The molecule has 2 heterocycles. The van der Waals surface area contributed by atoms with Gasteiger partial charge in [-0.1, -0.05) is 91.0 Å². The predicted molar refractivity (Wildman–Crippen MR) is 382 cm³/mol. The number of nitrogens with one attached hydrogen (secondary N) is 5. The Balaban J connectivity index is 1.66. The second-order valence-electron chi connectivity index (χ2n) is 31.2. The lowest BCUT2D eigenvalue weighted by Gasteiger charge is -2.51. The number of carbonyl (C=O) groups is 9. The fourth-order valence-corrected chi connectivity index (χ4v) is 12.7. The summed E-state index contributed by atoms with van der Waals surface area (Å²) in [4.78, 5) is 126. The molecule has 1 aliphatic carbocycles. The van der Waals surface area contributed by atoms with Crippen molar-refractivity contribution in [3.8, 4) is 0 Å². The van der Waals surface area contributed by atoms with E-state index in [1.165, 1.54) is 11.9 Å². The van der Waals surface area contributed by atoms with Gasteiger partial charge in [-0.3, -0.25) is 23.4 Å². The average molecular weight is 1510 g/mol. The number of carbonyl (C=O) groups excluding carboxylic acids is 9. The summed E-state index contributed by atoms with van der Waals surface area (Å²) >= 11 is 0. The van der Waals surface area contributed by atoms with Crippen LogP contribution in [0.1, 0.15) is 167 Å².